The number of aromatic nitrogens is 2. The van der Waals surface area contributed by atoms with Crippen molar-refractivity contribution in [2.75, 3.05) is 0 Å². The molecule has 0 spiro atoms. The van der Waals surface area contributed by atoms with E-state index in [1.165, 1.54) is 0 Å². The molecule has 3 rings (SSSR count). The summed E-state index contributed by atoms with van der Waals surface area (Å²) in [5.74, 6) is 0. The number of hydrogen-bond donors (Lipinski definition) is 0. The van der Waals surface area contributed by atoms with Gasteiger partial charge in [0.15, 0.2) is 0 Å². The van der Waals surface area contributed by atoms with Gasteiger partial charge in [-0.2, -0.15) is 0 Å². The zero-order chi connectivity index (χ0) is 9.54. The first-order chi connectivity index (χ1) is 6.84. The molecule has 0 saturated heterocycles. The van der Waals surface area contributed by atoms with Crippen molar-refractivity contribution in [1.29, 1.82) is 0 Å². The van der Waals surface area contributed by atoms with Gasteiger partial charge >= 0.3 is 0 Å². The quantitative estimate of drug-likeness (QED) is 0.539. The molecular weight excluding hydrogens is 176 g/mol. The largest absolute Gasteiger partial charge is 0.438 e. The van der Waals surface area contributed by atoms with E-state index in [1.807, 2.05) is 25.1 Å². The Bertz CT molecular complexity index is 613. The highest BCUT2D eigenvalue weighted by atomic mass is 16.3. The van der Waals surface area contributed by atoms with Crippen molar-refractivity contribution in [3.8, 4) is 0 Å². The van der Waals surface area contributed by atoms with Crippen LogP contribution in [0.2, 0.25) is 0 Å². The predicted octanol–water partition coefficient (Wildman–Crippen LogP) is 2.68. The van der Waals surface area contributed by atoms with E-state index in [0.29, 0.717) is 5.71 Å². The van der Waals surface area contributed by atoms with Crippen LogP contribution in [0.1, 0.15) is 5.69 Å². The van der Waals surface area contributed by atoms with Crippen LogP contribution in [0.4, 0.5) is 0 Å². The molecule has 0 bridgehead atoms. The Hall–Kier alpha value is -1.90. The zero-order valence-electron chi connectivity index (χ0n) is 7.69. The fraction of sp³-hybridized carbons (Fsp3) is 0.0909. The molecule has 3 aromatic rings. The number of nitrogens with zero attached hydrogens (tertiary/aromatic N) is 2. The summed E-state index contributed by atoms with van der Waals surface area (Å²) >= 11 is 0. The molecule has 0 amide bonds. The van der Waals surface area contributed by atoms with E-state index in [0.717, 1.165) is 22.0 Å². The van der Waals surface area contributed by atoms with Gasteiger partial charge in [-0.3, -0.25) is 4.98 Å². The van der Waals surface area contributed by atoms with Crippen molar-refractivity contribution in [3.05, 3.63) is 36.3 Å². The van der Waals surface area contributed by atoms with Gasteiger partial charge in [-0.25, -0.2) is 4.98 Å². The minimum atomic E-state index is 0.688. The normalized spacial score (nSPS) is 11.2. The molecule has 3 aromatic heterocycles. The summed E-state index contributed by atoms with van der Waals surface area (Å²) in [6.07, 6.45) is 3.52. The molecule has 0 aliphatic heterocycles. The first-order valence-electron chi connectivity index (χ1n) is 4.44. The van der Waals surface area contributed by atoms with Gasteiger partial charge in [0.25, 0.3) is 0 Å². The van der Waals surface area contributed by atoms with Gasteiger partial charge < -0.3 is 4.42 Å². The minimum absolute atomic E-state index is 0.688. The topological polar surface area (TPSA) is 38.9 Å². The van der Waals surface area contributed by atoms with Gasteiger partial charge in [-0.1, -0.05) is 0 Å². The summed E-state index contributed by atoms with van der Waals surface area (Å²) in [6, 6.07) is 5.85. The van der Waals surface area contributed by atoms with Crippen LogP contribution in [0.15, 0.2) is 35.0 Å². The zero-order valence-corrected chi connectivity index (χ0v) is 7.69. The highest BCUT2D eigenvalue weighted by Crippen LogP contribution is 2.26. The molecule has 3 heteroatoms. The highest BCUT2D eigenvalue weighted by Gasteiger charge is 2.06. The van der Waals surface area contributed by atoms with Crippen LogP contribution in [0.3, 0.4) is 0 Å². The average molecular weight is 184 g/mol. The molecule has 0 saturated carbocycles. The summed E-state index contributed by atoms with van der Waals surface area (Å²) in [5.41, 5.74) is 2.49. The Kier molecular flexibility index (Phi) is 1.36. The van der Waals surface area contributed by atoms with Crippen molar-refractivity contribution in [2.24, 2.45) is 0 Å². The van der Waals surface area contributed by atoms with Crippen molar-refractivity contribution in [1.82, 2.24) is 9.97 Å². The first kappa shape index (κ1) is 7.50. The third kappa shape index (κ3) is 0.923. The third-order valence-electron chi connectivity index (χ3n) is 2.28. The molecule has 14 heavy (non-hydrogen) atoms. The molecule has 0 N–H and O–H groups in total. The number of aryl methyl sites for hydroxylation is 1. The second kappa shape index (κ2) is 2.54. The maximum Gasteiger partial charge on any atom is 0.227 e. The monoisotopic (exact) mass is 184 g/mol. The Balaban J connectivity index is 2.57. The molecule has 0 aromatic carbocycles. The fourth-order valence-electron chi connectivity index (χ4n) is 1.59. The fourth-order valence-corrected chi connectivity index (χ4v) is 1.59. The van der Waals surface area contributed by atoms with Gasteiger partial charge in [-0.05, 0) is 25.1 Å². The maximum atomic E-state index is 5.58. The van der Waals surface area contributed by atoms with Crippen LogP contribution in [-0.2, 0) is 0 Å². The predicted molar refractivity (Wildman–Crippen MR) is 54.0 cm³/mol. The van der Waals surface area contributed by atoms with E-state index in [-0.39, 0.29) is 0 Å². The molecule has 0 aliphatic rings. The Morgan fingerprint density at radius 1 is 1.14 bits per heavy atom. The molecule has 0 atom stereocenters. The summed E-state index contributed by atoms with van der Waals surface area (Å²) in [7, 11) is 0. The SMILES string of the molecule is Cc1ccc2c(n1)oc1ccncc12. The third-order valence-corrected chi connectivity index (χ3v) is 2.28. The van der Waals surface area contributed by atoms with Crippen molar-refractivity contribution < 1.29 is 4.42 Å². The lowest BCUT2D eigenvalue weighted by molar-refractivity contribution is 0.652. The standard InChI is InChI=1S/C11H8N2O/c1-7-2-3-8-9-6-12-5-4-10(9)14-11(8)13-7/h2-6H,1H3. The summed E-state index contributed by atoms with van der Waals surface area (Å²) in [5, 5.41) is 2.05. The van der Waals surface area contributed by atoms with Gasteiger partial charge in [0.05, 0.1) is 0 Å². The van der Waals surface area contributed by atoms with E-state index in [2.05, 4.69) is 9.97 Å². The first-order valence-corrected chi connectivity index (χ1v) is 4.44. The van der Waals surface area contributed by atoms with Crippen molar-refractivity contribution in [2.45, 2.75) is 6.92 Å². The number of rotatable bonds is 0. The Morgan fingerprint density at radius 3 is 3.00 bits per heavy atom. The summed E-state index contributed by atoms with van der Waals surface area (Å²) < 4.78 is 5.58. The maximum absolute atomic E-state index is 5.58. The number of furan rings is 1. The van der Waals surface area contributed by atoms with E-state index in [9.17, 15) is 0 Å². The summed E-state index contributed by atoms with van der Waals surface area (Å²) in [4.78, 5) is 8.39. The van der Waals surface area contributed by atoms with Crippen LogP contribution >= 0.6 is 0 Å². The van der Waals surface area contributed by atoms with E-state index < -0.39 is 0 Å². The van der Waals surface area contributed by atoms with Crippen LogP contribution < -0.4 is 0 Å². The minimum Gasteiger partial charge on any atom is -0.438 e. The number of pyridine rings is 2. The molecule has 0 radical (unpaired) electrons. The van der Waals surface area contributed by atoms with Crippen LogP contribution in [0.5, 0.6) is 0 Å². The second-order valence-electron chi connectivity index (χ2n) is 3.28. The molecule has 0 aliphatic carbocycles. The van der Waals surface area contributed by atoms with Gasteiger partial charge in [0.2, 0.25) is 5.71 Å². The summed E-state index contributed by atoms with van der Waals surface area (Å²) in [6.45, 7) is 1.95. The lowest BCUT2D eigenvalue weighted by Crippen LogP contribution is -1.77. The molecule has 0 fully saturated rings. The van der Waals surface area contributed by atoms with E-state index >= 15 is 0 Å². The van der Waals surface area contributed by atoms with E-state index in [1.54, 1.807) is 12.4 Å². The van der Waals surface area contributed by atoms with Gasteiger partial charge in [0, 0.05) is 28.9 Å². The lowest BCUT2D eigenvalue weighted by Gasteiger charge is -1.89. The van der Waals surface area contributed by atoms with Crippen molar-refractivity contribution in [3.63, 3.8) is 0 Å². The average Bonchev–Trinajstić information content (AvgIpc) is 2.54. The molecular formula is C11H8N2O. The van der Waals surface area contributed by atoms with Crippen molar-refractivity contribution >= 4 is 22.1 Å². The van der Waals surface area contributed by atoms with Crippen LogP contribution in [0, 0.1) is 6.92 Å². The second-order valence-corrected chi connectivity index (χ2v) is 3.28. The molecule has 3 heterocycles. The van der Waals surface area contributed by atoms with Gasteiger partial charge in [-0.15, -0.1) is 0 Å². The smallest absolute Gasteiger partial charge is 0.227 e. The molecule has 3 nitrogen and oxygen atoms in total. The van der Waals surface area contributed by atoms with Crippen LogP contribution in [-0.4, -0.2) is 9.97 Å². The Morgan fingerprint density at radius 2 is 2.07 bits per heavy atom. The number of fused-ring (bicyclic) bond motifs is 3. The molecule has 0 unspecified atom stereocenters. The molecule has 68 valence electrons. The Labute approximate surface area is 80.4 Å². The van der Waals surface area contributed by atoms with E-state index in [4.69, 9.17) is 4.42 Å². The number of hydrogen-bond acceptors (Lipinski definition) is 3. The van der Waals surface area contributed by atoms with Gasteiger partial charge in [0.1, 0.15) is 5.58 Å². The lowest BCUT2D eigenvalue weighted by atomic mass is 10.2. The van der Waals surface area contributed by atoms with Crippen LogP contribution in [0.25, 0.3) is 22.1 Å². The highest BCUT2D eigenvalue weighted by molar-refractivity contribution is 6.02.